The molecule has 1 aliphatic heterocycles. The van der Waals surface area contributed by atoms with E-state index in [1.165, 1.54) is 21.4 Å². The van der Waals surface area contributed by atoms with Crippen LogP contribution in [0.15, 0.2) is 41.6 Å². The van der Waals surface area contributed by atoms with Gasteiger partial charge in [-0.2, -0.15) is 9.40 Å². The van der Waals surface area contributed by atoms with Crippen molar-refractivity contribution in [2.24, 2.45) is 7.05 Å². The maximum absolute atomic E-state index is 13.1. The highest BCUT2D eigenvalue weighted by Crippen LogP contribution is 2.24. The maximum atomic E-state index is 13.1. The molecule has 10 heteroatoms. The van der Waals surface area contributed by atoms with Gasteiger partial charge in [0.05, 0.1) is 6.20 Å². The van der Waals surface area contributed by atoms with Crippen LogP contribution in [0.1, 0.15) is 20.3 Å². The van der Waals surface area contributed by atoms with Gasteiger partial charge in [-0.3, -0.25) is 9.48 Å². The predicted octanol–water partition coefficient (Wildman–Crippen LogP) is 2.15. The van der Waals surface area contributed by atoms with E-state index < -0.39 is 15.6 Å². The summed E-state index contributed by atoms with van der Waals surface area (Å²) in [5, 5.41) is 4.53. The van der Waals surface area contributed by atoms with Crippen molar-refractivity contribution in [3.05, 3.63) is 41.7 Å². The Balaban J connectivity index is 1.68. The van der Waals surface area contributed by atoms with Crippen molar-refractivity contribution in [1.82, 2.24) is 19.0 Å². The van der Waals surface area contributed by atoms with E-state index in [0.29, 0.717) is 36.8 Å². The fraction of sp³-hybridized carbons (Fsp3) is 0.474. The van der Waals surface area contributed by atoms with Gasteiger partial charge in [-0.25, -0.2) is 8.42 Å². The van der Waals surface area contributed by atoms with E-state index in [2.05, 4.69) is 5.10 Å². The number of hydrogen-bond acceptors (Lipinski definition) is 5. The minimum absolute atomic E-state index is 0.158. The van der Waals surface area contributed by atoms with Crippen LogP contribution in [0.2, 0.25) is 5.02 Å². The molecular formula is C19H25ClN4O4S. The Labute approximate surface area is 176 Å². The number of carbonyl (C=O) groups excluding carboxylic acids is 1. The molecule has 8 nitrogen and oxygen atoms in total. The second-order valence-corrected chi connectivity index (χ2v) is 9.84. The van der Waals surface area contributed by atoms with Gasteiger partial charge in [0.2, 0.25) is 10.0 Å². The quantitative estimate of drug-likeness (QED) is 0.711. The van der Waals surface area contributed by atoms with Gasteiger partial charge in [-0.05, 0) is 44.5 Å². The summed E-state index contributed by atoms with van der Waals surface area (Å²) < 4.78 is 34.4. The highest BCUT2D eigenvalue weighted by molar-refractivity contribution is 7.89. The zero-order valence-electron chi connectivity index (χ0n) is 16.7. The lowest BCUT2D eigenvalue weighted by molar-refractivity contribution is -0.145. The molecule has 1 aliphatic rings. The molecule has 0 atom stereocenters. The first-order chi connectivity index (χ1) is 13.6. The van der Waals surface area contributed by atoms with E-state index >= 15 is 0 Å². The fourth-order valence-electron chi connectivity index (χ4n) is 3.24. The monoisotopic (exact) mass is 440 g/mol. The Hall–Kier alpha value is -2.10. The van der Waals surface area contributed by atoms with Crippen LogP contribution in [0.5, 0.6) is 5.75 Å². The number of benzene rings is 1. The Bertz CT molecular complexity index is 972. The second-order valence-electron chi connectivity index (χ2n) is 7.47. The van der Waals surface area contributed by atoms with E-state index in [1.54, 1.807) is 50.1 Å². The van der Waals surface area contributed by atoms with Gasteiger partial charge in [-0.1, -0.05) is 11.6 Å². The molecule has 1 aromatic heterocycles. The lowest BCUT2D eigenvalue weighted by atomic mass is 10.1. The Morgan fingerprint density at radius 3 is 2.45 bits per heavy atom. The molecule has 0 spiro atoms. The van der Waals surface area contributed by atoms with Crippen LogP contribution in [0.25, 0.3) is 0 Å². The highest BCUT2D eigenvalue weighted by Gasteiger charge is 2.36. The normalized spacial score (nSPS) is 16.5. The Morgan fingerprint density at radius 2 is 1.83 bits per heavy atom. The number of aryl methyl sites for hydroxylation is 1. The summed E-state index contributed by atoms with van der Waals surface area (Å²) in [6.07, 6.45) is 3.36. The topological polar surface area (TPSA) is 84.7 Å². The molecule has 0 bridgehead atoms. The number of nitrogens with zero attached hydrogens (tertiary/aromatic N) is 4. The largest absolute Gasteiger partial charge is 0.478 e. The number of aromatic nitrogens is 2. The van der Waals surface area contributed by atoms with Crippen molar-refractivity contribution in [2.45, 2.75) is 30.8 Å². The van der Waals surface area contributed by atoms with Gasteiger partial charge in [-0.15, -0.1) is 0 Å². The molecule has 0 radical (unpaired) electrons. The van der Waals surface area contributed by atoms with Crippen molar-refractivity contribution in [2.75, 3.05) is 26.2 Å². The number of ether oxygens (including phenoxy) is 1. The average Bonchev–Trinajstić information content (AvgIpc) is 2.96. The zero-order chi connectivity index (χ0) is 21.2. The average molecular weight is 441 g/mol. The third-order valence-electron chi connectivity index (χ3n) is 4.76. The predicted molar refractivity (Wildman–Crippen MR) is 109 cm³/mol. The third kappa shape index (κ3) is 4.91. The van der Waals surface area contributed by atoms with E-state index in [9.17, 15) is 13.2 Å². The number of amides is 1. The van der Waals surface area contributed by atoms with Crippen LogP contribution in [0, 0.1) is 0 Å². The molecule has 1 amide bonds. The van der Waals surface area contributed by atoms with E-state index in [-0.39, 0.29) is 17.3 Å². The summed E-state index contributed by atoms with van der Waals surface area (Å²) in [4.78, 5) is 14.9. The summed E-state index contributed by atoms with van der Waals surface area (Å²) in [6, 6.07) is 6.82. The summed E-state index contributed by atoms with van der Waals surface area (Å²) in [5.41, 5.74) is -1.09. The van der Waals surface area contributed by atoms with Gasteiger partial charge >= 0.3 is 0 Å². The van der Waals surface area contributed by atoms with Crippen molar-refractivity contribution in [3.63, 3.8) is 0 Å². The third-order valence-corrected chi connectivity index (χ3v) is 6.87. The molecule has 2 aromatic rings. The van der Waals surface area contributed by atoms with Gasteiger partial charge in [0.25, 0.3) is 5.91 Å². The molecule has 0 unspecified atom stereocenters. The van der Waals surface area contributed by atoms with Crippen molar-refractivity contribution < 1.29 is 17.9 Å². The molecule has 158 valence electrons. The van der Waals surface area contributed by atoms with E-state index in [4.69, 9.17) is 16.3 Å². The lowest BCUT2D eigenvalue weighted by Gasteiger charge is -2.31. The minimum Gasteiger partial charge on any atom is -0.478 e. The summed E-state index contributed by atoms with van der Waals surface area (Å²) in [6.45, 7) is 4.74. The van der Waals surface area contributed by atoms with E-state index in [1.807, 2.05) is 0 Å². The van der Waals surface area contributed by atoms with Crippen molar-refractivity contribution in [1.29, 1.82) is 0 Å². The minimum atomic E-state index is -3.63. The molecule has 1 saturated heterocycles. The SMILES string of the molecule is Cn1cc(S(=O)(=O)N2CCCN(C(=O)C(C)(C)Oc3ccc(Cl)cc3)CC2)cn1. The zero-order valence-corrected chi connectivity index (χ0v) is 18.3. The molecule has 2 heterocycles. The first-order valence-corrected chi connectivity index (χ1v) is 11.1. The molecule has 29 heavy (non-hydrogen) atoms. The smallest absolute Gasteiger partial charge is 0.266 e. The number of rotatable bonds is 5. The number of hydrogen-bond donors (Lipinski definition) is 0. The van der Waals surface area contributed by atoms with Crippen LogP contribution in [0.3, 0.4) is 0 Å². The van der Waals surface area contributed by atoms with Gasteiger partial charge in [0.1, 0.15) is 10.6 Å². The van der Waals surface area contributed by atoms with Crippen LogP contribution < -0.4 is 4.74 Å². The standard InChI is InChI=1S/C19H25ClN4O4S/c1-19(2,28-16-7-5-15(20)6-8-16)18(25)23-9-4-10-24(12-11-23)29(26,27)17-13-21-22(3)14-17/h5-8,13-14H,4,9-12H2,1-3H3. The van der Waals surface area contributed by atoms with Gasteiger partial charge in [0, 0.05) is 44.4 Å². The summed E-state index contributed by atoms with van der Waals surface area (Å²) >= 11 is 5.89. The molecule has 3 rings (SSSR count). The molecular weight excluding hydrogens is 416 g/mol. The Kier molecular flexibility index (Phi) is 6.21. The number of sulfonamides is 1. The molecule has 0 N–H and O–H groups in total. The first-order valence-electron chi connectivity index (χ1n) is 9.32. The van der Waals surface area contributed by atoms with Crippen molar-refractivity contribution in [3.8, 4) is 5.75 Å². The first kappa shape index (κ1) is 21.6. The number of halogens is 1. The number of carbonyl (C=O) groups is 1. The van der Waals surface area contributed by atoms with Crippen LogP contribution in [-0.2, 0) is 21.9 Å². The van der Waals surface area contributed by atoms with Crippen LogP contribution in [-0.4, -0.2) is 65.1 Å². The second kappa shape index (κ2) is 8.33. The fourth-order valence-corrected chi connectivity index (χ4v) is 4.82. The highest BCUT2D eigenvalue weighted by atomic mass is 35.5. The molecule has 1 fully saturated rings. The Morgan fingerprint density at radius 1 is 1.14 bits per heavy atom. The van der Waals surface area contributed by atoms with Crippen LogP contribution in [0.4, 0.5) is 0 Å². The molecule has 1 aromatic carbocycles. The molecule has 0 saturated carbocycles. The lowest BCUT2D eigenvalue weighted by Crippen LogP contribution is -2.50. The summed E-state index contributed by atoms with van der Waals surface area (Å²) in [7, 11) is -1.96. The maximum Gasteiger partial charge on any atom is 0.266 e. The molecule has 0 aliphatic carbocycles. The summed E-state index contributed by atoms with van der Waals surface area (Å²) in [5.74, 6) is 0.358. The van der Waals surface area contributed by atoms with Crippen molar-refractivity contribution >= 4 is 27.5 Å². The van der Waals surface area contributed by atoms with Gasteiger partial charge in [0.15, 0.2) is 5.60 Å². The van der Waals surface area contributed by atoms with Gasteiger partial charge < -0.3 is 9.64 Å². The van der Waals surface area contributed by atoms with Crippen LogP contribution >= 0.6 is 11.6 Å². The van der Waals surface area contributed by atoms with E-state index in [0.717, 1.165) is 0 Å².